The van der Waals surface area contributed by atoms with E-state index >= 15 is 0 Å². The highest BCUT2D eigenvalue weighted by atomic mass is 14.6. The van der Waals surface area contributed by atoms with E-state index < -0.39 is 0 Å². The smallest absolute Gasteiger partial charge is 0.00388 e. The summed E-state index contributed by atoms with van der Waals surface area (Å²) in [5, 5.41) is 0. The first-order valence-electron chi connectivity index (χ1n) is 5.57. The zero-order valence-corrected chi connectivity index (χ0v) is 9.42. The van der Waals surface area contributed by atoms with E-state index in [0.29, 0.717) is 12.0 Å². The van der Waals surface area contributed by atoms with Crippen LogP contribution in [0.3, 0.4) is 0 Å². The summed E-state index contributed by atoms with van der Waals surface area (Å²) in [5.41, 5.74) is 11.4. The van der Waals surface area contributed by atoms with Crippen molar-refractivity contribution in [2.45, 2.75) is 52.5 Å². The second kappa shape index (κ2) is 7.34. The van der Waals surface area contributed by atoms with Gasteiger partial charge in [-0.25, -0.2) is 0 Å². The molecule has 0 saturated carbocycles. The molecule has 3 unspecified atom stereocenters. The summed E-state index contributed by atoms with van der Waals surface area (Å²) >= 11 is 0. The molecule has 2 nitrogen and oxygen atoms in total. The van der Waals surface area contributed by atoms with Crippen LogP contribution in [0.25, 0.3) is 0 Å². The van der Waals surface area contributed by atoms with Crippen LogP contribution < -0.4 is 11.5 Å². The van der Waals surface area contributed by atoms with Crippen LogP contribution in [0.2, 0.25) is 0 Å². The zero-order valence-electron chi connectivity index (χ0n) is 9.42. The second-order valence-electron chi connectivity index (χ2n) is 4.30. The molecule has 13 heavy (non-hydrogen) atoms. The Hall–Kier alpha value is -0.0800. The van der Waals surface area contributed by atoms with E-state index in [0.717, 1.165) is 18.9 Å². The highest BCUT2D eigenvalue weighted by Crippen LogP contribution is 2.21. The fourth-order valence-corrected chi connectivity index (χ4v) is 1.66. The maximum absolute atomic E-state index is 5.94. The van der Waals surface area contributed by atoms with E-state index in [1.165, 1.54) is 19.3 Å². The minimum Gasteiger partial charge on any atom is -0.330 e. The summed E-state index contributed by atoms with van der Waals surface area (Å²) in [6, 6.07) is 0.320. The molecule has 0 aromatic heterocycles. The Morgan fingerprint density at radius 1 is 1.23 bits per heavy atom. The van der Waals surface area contributed by atoms with E-state index in [2.05, 4.69) is 20.8 Å². The number of hydrogen-bond acceptors (Lipinski definition) is 2. The monoisotopic (exact) mass is 186 g/mol. The molecule has 0 aliphatic heterocycles. The Bertz CT molecular complexity index is 113. The van der Waals surface area contributed by atoms with Gasteiger partial charge in [0.2, 0.25) is 0 Å². The zero-order chi connectivity index (χ0) is 10.3. The maximum atomic E-state index is 5.94. The van der Waals surface area contributed by atoms with Crippen LogP contribution in [0.1, 0.15) is 46.5 Å². The molecule has 0 fully saturated rings. The molecule has 0 rings (SSSR count). The molecule has 0 spiro atoms. The topological polar surface area (TPSA) is 52.0 Å². The summed E-state index contributed by atoms with van der Waals surface area (Å²) in [4.78, 5) is 0. The third-order valence-corrected chi connectivity index (χ3v) is 2.92. The summed E-state index contributed by atoms with van der Waals surface area (Å²) in [7, 11) is 0. The second-order valence-corrected chi connectivity index (χ2v) is 4.30. The van der Waals surface area contributed by atoms with Crippen LogP contribution in [0.5, 0.6) is 0 Å². The van der Waals surface area contributed by atoms with Crippen molar-refractivity contribution in [1.29, 1.82) is 0 Å². The van der Waals surface area contributed by atoms with Crippen molar-refractivity contribution < 1.29 is 0 Å². The van der Waals surface area contributed by atoms with Crippen LogP contribution in [0, 0.1) is 11.8 Å². The SMILES string of the molecule is CCC(C)CC(CCCN)C(C)N. The van der Waals surface area contributed by atoms with Crippen LogP contribution in [-0.2, 0) is 0 Å². The quantitative estimate of drug-likeness (QED) is 0.640. The fraction of sp³-hybridized carbons (Fsp3) is 1.00. The normalized spacial score (nSPS) is 18.2. The van der Waals surface area contributed by atoms with Gasteiger partial charge in [0.05, 0.1) is 0 Å². The Morgan fingerprint density at radius 3 is 2.23 bits per heavy atom. The van der Waals surface area contributed by atoms with E-state index in [1.54, 1.807) is 0 Å². The Labute approximate surface area is 83.1 Å². The predicted molar refractivity (Wildman–Crippen MR) is 59.5 cm³/mol. The third kappa shape index (κ3) is 6.05. The van der Waals surface area contributed by atoms with Gasteiger partial charge in [-0.05, 0) is 44.6 Å². The van der Waals surface area contributed by atoms with Gasteiger partial charge in [-0.15, -0.1) is 0 Å². The number of rotatable bonds is 7. The van der Waals surface area contributed by atoms with Crippen molar-refractivity contribution in [1.82, 2.24) is 0 Å². The lowest BCUT2D eigenvalue weighted by atomic mass is 9.86. The average molecular weight is 186 g/mol. The predicted octanol–water partition coefficient (Wildman–Crippen LogP) is 2.12. The maximum Gasteiger partial charge on any atom is 0.00388 e. The molecular weight excluding hydrogens is 160 g/mol. The molecular formula is C11H26N2. The summed E-state index contributed by atoms with van der Waals surface area (Å²) in [6.45, 7) is 7.46. The van der Waals surface area contributed by atoms with Crippen molar-refractivity contribution in [2.24, 2.45) is 23.3 Å². The van der Waals surface area contributed by atoms with Crippen molar-refractivity contribution in [3.8, 4) is 0 Å². The minimum absolute atomic E-state index is 0.320. The minimum atomic E-state index is 0.320. The highest BCUT2D eigenvalue weighted by Gasteiger charge is 2.15. The van der Waals surface area contributed by atoms with Gasteiger partial charge >= 0.3 is 0 Å². The van der Waals surface area contributed by atoms with E-state index in [4.69, 9.17) is 11.5 Å². The first-order chi connectivity index (χ1) is 6.11. The molecule has 0 aromatic carbocycles. The first kappa shape index (κ1) is 12.9. The van der Waals surface area contributed by atoms with Gasteiger partial charge in [-0.1, -0.05) is 20.3 Å². The molecule has 0 heterocycles. The van der Waals surface area contributed by atoms with Crippen molar-refractivity contribution >= 4 is 0 Å². The van der Waals surface area contributed by atoms with Crippen LogP contribution in [0.4, 0.5) is 0 Å². The molecule has 3 atom stereocenters. The Kier molecular flexibility index (Phi) is 7.29. The summed E-state index contributed by atoms with van der Waals surface area (Å²) in [5.74, 6) is 1.47. The molecule has 2 heteroatoms. The van der Waals surface area contributed by atoms with E-state index in [-0.39, 0.29) is 0 Å². The molecule has 4 N–H and O–H groups in total. The number of hydrogen-bond donors (Lipinski definition) is 2. The third-order valence-electron chi connectivity index (χ3n) is 2.92. The van der Waals surface area contributed by atoms with Gasteiger partial charge in [0, 0.05) is 6.04 Å². The number of nitrogens with two attached hydrogens (primary N) is 2. The Morgan fingerprint density at radius 2 is 1.85 bits per heavy atom. The largest absolute Gasteiger partial charge is 0.330 e. The first-order valence-corrected chi connectivity index (χ1v) is 5.57. The summed E-state index contributed by atoms with van der Waals surface area (Å²) < 4.78 is 0. The lowest BCUT2D eigenvalue weighted by Crippen LogP contribution is -2.28. The van der Waals surface area contributed by atoms with E-state index in [9.17, 15) is 0 Å². The lowest BCUT2D eigenvalue weighted by molar-refractivity contribution is 0.318. The highest BCUT2D eigenvalue weighted by molar-refractivity contribution is 4.71. The van der Waals surface area contributed by atoms with Gasteiger partial charge in [-0.3, -0.25) is 0 Å². The van der Waals surface area contributed by atoms with Crippen molar-refractivity contribution in [3.63, 3.8) is 0 Å². The van der Waals surface area contributed by atoms with Crippen molar-refractivity contribution in [3.05, 3.63) is 0 Å². The Balaban J connectivity index is 3.79. The van der Waals surface area contributed by atoms with Crippen LogP contribution in [0.15, 0.2) is 0 Å². The molecule has 0 radical (unpaired) electrons. The molecule has 0 aliphatic carbocycles. The van der Waals surface area contributed by atoms with Gasteiger partial charge in [0.25, 0.3) is 0 Å². The van der Waals surface area contributed by atoms with Gasteiger partial charge in [0.1, 0.15) is 0 Å². The standard InChI is InChI=1S/C11H26N2/c1-4-9(2)8-11(10(3)13)6-5-7-12/h9-11H,4-8,12-13H2,1-3H3. The van der Waals surface area contributed by atoms with Gasteiger partial charge < -0.3 is 11.5 Å². The lowest BCUT2D eigenvalue weighted by Gasteiger charge is -2.23. The van der Waals surface area contributed by atoms with Crippen LogP contribution >= 0.6 is 0 Å². The fourth-order valence-electron chi connectivity index (χ4n) is 1.66. The average Bonchev–Trinajstić information content (AvgIpc) is 2.11. The molecule has 0 aromatic rings. The molecule has 0 bridgehead atoms. The van der Waals surface area contributed by atoms with Crippen molar-refractivity contribution in [2.75, 3.05) is 6.54 Å². The summed E-state index contributed by atoms with van der Waals surface area (Å²) in [6.07, 6.45) is 4.82. The van der Waals surface area contributed by atoms with E-state index in [1.807, 2.05) is 0 Å². The molecule has 0 amide bonds. The molecule has 80 valence electrons. The molecule has 0 saturated heterocycles. The van der Waals surface area contributed by atoms with Crippen LogP contribution in [-0.4, -0.2) is 12.6 Å². The molecule has 0 aliphatic rings. The van der Waals surface area contributed by atoms with Gasteiger partial charge in [0.15, 0.2) is 0 Å². The van der Waals surface area contributed by atoms with Gasteiger partial charge in [-0.2, -0.15) is 0 Å².